The first-order valence-corrected chi connectivity index (χ1v) is 7.87. The van der Waals surface area contributed by atoms with E-state index in [1.165, 1.54) is 18.2 Å². The summed E-state index contributed by atoms with van der Waals surface area (Å²) in [4.78, 5) is 10.6. The third-order valence-corrected chi connectivity index (χ3v) is 4.29. The van der Waals surface area contributed by atoms with Crippen LogP contribution >= 0.6 is 0 Å². The van der Waals surface area contributed by atoms with Crippen LogP contribution in [0.15, 0.2) is 35.2 Å². The molecule has 0 radical (unpaired) electrons. The molecule has 0 aliphatic carbocycles. The molecule has 0 aliphatic rings. The summed E-state index contributed by atoms with van der Waals surface area (Å²) in [6, 6.07) is 5.94. The van der Waals surface area contributed by atoms with Crippen molar-refractivity contribution in [1.29, 1.82) is 0 Å². The van der Waals surface area contributed by atoms with E-state index in [1.807, 2.05) is 13.8 Å². The van der Waals surface area contributed by atoms with Crippen molar-refractivity contribution in [1.82, 2.24) is 4.72 Å². The van der Waals surface area contributed by atoms with Crippen molar-refractivity contribution in [2.75, 3.05) is 0 Å². The van der Waals surface area contributed by atoms with Crippen molar-refractivity contribution in [2.24, 2.45) is 0 Å². The maximum absolute atomic E-state index is 12.1. The van der Waals surface area contributed by atoms with Crippen molar-refractivity contribution in [2.45, 2.75) is 37.6 Å². The van der Waals surface area contributed by atoms with Gasteiger partial charge in [-0.2, -0.15) is 0 Å². The van der Waals surface area contributed by atoms with Gasteiger partial charge in [0.1, 0.15) is 0 Å². The standard InChI is InChI=1S/C14H19NO4S/c1-3-4-11(2)15-20(18,19)13-8-5-12(6-9-13)7-10-14(16)17/h5-11,15H,3-4H2,1-2H3,(H,16,17)/b10-7+. The number of rotatable bonds is 7. The Hall–Kier alpha value is -1.66. The molecule has 0 spiro atoms. The molecule has 0 bridgehead atoms. The van der Waals surface area contributed by atoms with Crippen LogP contribution in [-0.2, 0) is 14.8 Å². The fourth-order valence-electron chi connectivity index (χ4n) is 1.75. The highest BCUT2D eigenvalue weighted by Gasteiger charge is 2.16. The van der Waals surface area contributed by atoms with Crippen LogP contribution in [0, 0.1) is 0 Å². The van der Waals surface area contributed by atoms with E-state index in [2.05, 4.69) is 4.72 Å². The molecule has 0 fully saturated rings. The van der Waals surface area contributed by atoms with E-state index >= 15 is 0 Å². The van der Waals surface area contributed by atoms with Gasteiger partial charge in [0.2, 0.25) is 10.0 Å². The lowest BCUT2D eigenvalue weighted by atomic mass is 10.2. The third kappa shape index (κ3) is 5.14. The van der Waals surface area contributed by atoms with E-state index in [0.717, 1.165) is 18.9 Å². The van der Waals surface area contributed by atoms with Crippen molar-refractivity contribution in [3.63, 3.8) is 0 Å². The summed E-state index contributed by atoms with van der Waals surface area (Å²) in [6.07, 6.45) is 4.10. The van der Waals surface area contributed by atoms with Crippen LogP contribution in [0.1, 0.15) is 32.3 Å². The Morgan fingerprint density at radius 2 is 1.95 bits per heavy atom. The molecule has 1 atom stereocenters. The quantitative estimate of drug-likeness (QED) is 0.756. The van der Waals surface area contributed by atoms with Crippen molar-refractivity contribution in [3.05, 3.63) is 35.9 Å². The lowest BCUT2D eigenvalue weighted by Crippen LogP contribution is -2.32. The summed E-state index contributed by atoms with van der Waals surface area (Å²) in [7, 11) is -3.52. The molecule has 20 heavy (non-hydrogen) atoms. The Morgan fingerprint density at radius 1 is 1.35 bits per heavy atom. The van der Waals surface area contributed by atoms with E-state index in [9.17, 15) is 13.2 Å². The second-order valence-electron chi connectivity index (χ2n) is 4.55. The van der Waals surface area contributed by atoms with E-state index < -0.39 is 16.0 Å². The monoisotopic (exact) mass is 297 g/mol. The molecule has 1 unspecified atom stereocenters. The van der Waals surface area contributed by atoms with Crippen LogP contribution in [-0.4, -0.2) is 25.5 Å². The van der Waals surface area contributed by atoms with Gasteiger partial charge in [0.25, 0.3) is 0 Å². The topological polar surface area (TPSA) is 83.5 Å². The Balaban J connectivity index is 2.84. The summed E-state index contributed by atoms with van der Waals surface area (Å²) >= 11 is 0. The van der Waals surface area contributed by atoms with Gasteiger partial charge in [-0.1, -0.05) is 25.5 Å². The maximum atomic E-state index is 12.1. The summed E-state index contributed by atoms with van der Waals surface area (Å²) in [5.74, 6) is -1.04. The summed E-state index contributed by atoms with van der Waals surface area (Å²) in [5, 5.41) is 8.52. The number of aliphatic carboxylic acids is 1. The molecule has 1 aromatic rings. The third-order valence-electron chi connectivity index (χ3n) is 2.69. The molecule has 0 amide bonds. The first-order chi connectivity index (χ1) is 9.35. The highest BCUT2D eigenvalue weighted by Crippen LogP contribution is 2.13. The molecule has 2 N–H and O–H groups in total. The van der Waals surface area contributed by atoms with Gasteiger partial charge in [-0.15, -0.1) is 0 Å². The summed E-state index contributed by atoms with van der Waals surface area (Å²) < 4.78 is 26.7. The zero-order valence-corrected chi connectivity index (χ0v) is 12.4. The number of benzene rings is 1. The molecule has 110 valence electrons. The molecular formula is C14H19NO4S. The fourth-order valence-corrected chi connectivity index (χ4v) is 3.03. The number of carboxylic acid groups (broad SMARTS) is 1. The predicted molar refractivity (Wildman–Crippen MR) is 77.8 cm³/mol. The fraction of sp³-hybridized carbons (Fsp3) is 0.357. The van der Waals surface area contributed by atoms with Crippen LogP contribution in [0.5, 0.6) is 0 Å². The number of hydrogen-bond donors (Lipinski definition) is 2. The first kappa shape index (κ1) is 16.4. The van der Waals surface area contributed by atoms with Gasteiger partial charge in [-0.05, 0) is 37.1 Å². The Morgan fingerprint density at radius 3 is 2.45 bits per heavy atom. The van der Waals surface area contributed by atoms with Gasteiger partial charge >= 0.3 is 5.97 Å². The lowest BCUT2D eigenvalue weighted by molar-refractivity contribution is -0.131. The minimum atomic E-state index is -3.52. The van der Waals surface area contributed by atoms with Crippen LogP contribution in [0.4, 0.5) is 0 Å². The molecule has 0 saturated heterocycles. The SMILES string of the molecule is CCCC(C)NS(=O)(=O)c1ccc(/C=C/C(=O)O)cc1. The number of hydrogen-bond acceptors (Lipinski definition) is 3. The van der Waals surface area contributed by atoms with Crippen LogP contribution in [0.3, 0.4) is 0 Å². The molecule has 5 nitrogen and oxygen atoms in total. The van der Waals surface area contributed by atoms with E-state index in [1.54, 1.807) is 12.1 Å². The van der Waals surface area contributed by atoms with E-state index in [-0.39, 0.29) is 10.9 Å². The Labute approximate surface area is 119 Å². The van der Waals surface area contributed by atoms with Crippen molar-refractivity contribution >= 4 is 22.1 Å². The molecule has 6 heteroatoms. The largest absolute Gasteiger partial charge is 0.478 e. The van der Waals surface area contributed by atoms with Gasteiger partial charge in [0, 0.05) is 12.1 Å². The maximum Gasteiger partial charge on any atom is 0.328 e. The smallest absolute Gasteiger partial charge is 0.328 e. The van der Waals surface area contributed by atoms with E-state index in [4.69, 9.17) is 5.11 Å². The Kier molecular flexibility index (Phi) is 5.91. The summed E-state index contributed by atoms with van der Waals surface area (Å²) in [5.41, 5.74) is 0.632. The number of carbonyl (C=O) groups is 1. The molecule has 1 rings (SSSR count). The molecule has 0 heterocycles. The van der Waals surface area contributed by atoms with Crippen LogP contribution in [0.2, 0.25) is 0 Å². The summed E-state index contributed by atoms with van der Waals surface area (Å²) in [6.45, 7) is 3.82. The van der Waals surface area contributed by atoms with Crippen LogP contribution in [0.25, 0.3) is 6.08 Å². The second kappa shape index (κ2) is 7.21. The molecule has 1 aromatic carbocycles. The normalized spacial score (nSPS) is 13.5. The average Bonchev–Trinajstić information content (AvgIpc) is 2.36. The minimum absolute atomic E-state index is 0.114. The van der Waals surface area contributed by atoms with Gasteiger partial charge in [0.05, 0.1) is 4.90 Å². The number of sulfonamides is 1. The Bertz CT molecular complexity index is 576. The highest BCUT2D eigenvalue weighted by molar-refractivity contribution is 7.89. The number of nitrogens with one attached hydrogen (secondary N) is 1. The average molecular weight is 297 g/mol. The minimum Gasteiger partial charge on any atom is -0.478 e. The molecule has 0 aromatic heterocycles. The highest BCUT2D eigenvalue weighted by atomic mass is 32.2. The molecular weight excluding hydrogens is 278 g/mol. The zero-order chi connectivity index (χ0) is 15.2. The molecule has 0 saturated carbocycles. The van der Waals surface area contributed by atoms with Crippen molar-refractivity contribution in [3.8, 4) is 0 Å². The first-order valence-electron chi connectivity index (χ1n) is 6.38. The number of carboxylic acids is 1. The van der Waals surface area contributed by atoms with Crippen LogP contribution < -0.4 is 4.72 Å². The predicted octanol–water partition coefficient (Wildman–Crippen LogP) is 2.25. The van der Waals surface area contributed by atoms with Gasteiger partial charge < -0.3 is 5.11 Å². The zero-order valence-electron chi connectivity index (χ0n) is 11.5. The van der Waals surface area contributed by atoms with Crippen molar-refractivity contribution < 1.29 is 18.3 Å². The van der Waals surface area contributed by atoms with Gasteiger partial charge in [-0.25, -0.2) is 17.9 Å². The van der Waals surface area contributed by atoms with Gasteiger partial charge in [-0.3, -0.25) is 0 Å². The lowest BCUT2D eigenvalue weighted by Gasteiger charge is -2.13. The van der Waals surface area contributed by atoms with E-state index in [0.29, 0.717) is 5.56 Å². The molecule has 0 aliphatic heterocycles. The second-order valence-corrected chi connectivity index (χ2v) is 6.27. The van der Waals surface area contributed by atoms with Gasteiger partial charge in [0.15, 0.2) is 0 Å².